The Morgan fingerprint density at radius 2 is 1.63 bits per heavy atom. The van der Waals surface area contributed by atoms with Gasteiger partial charge in [0.2, 0.25) is 0 Å². The topological polar surface area (TPSA) is 34.2 Å². The monoisotopic (exact) mass is 417 g/mol. The number of H-pyrrole nitrogens is 1. The molecule has 0 bridgehead atoms. The molecule has 3 nitrogen and oxygen atoms in total. The number of aromatic nitrogens is 1. The van der Waals surface area contributed by atoms with Gasteiger partial charge in [-0.15, -0.1) is 11.3 Å². The number of hydrogen-bond donors (Lipinski definition) is 1. The van der Waals surface area contributed by atoms with E-state index in [-0.39, 0.29) is 18.3 Å². The molecule has 5 rings (SSSR count). The van der Waals surface area contributed by atoms with Crippen molar-refractivity contribution in [2.24, 2.45) is 0 Å². The molecule has 0 unspecified atom stereocenters. The quantitative estimate of drug-likeness (QED) is 0.355. The maximum atomic E-state index is 6.28. The molecule has 1 aliphatic heterocycles. The number of fused-ring (bicyclic) bond motifs is 2. The van der Waals surface area contributed by atoms with E-state index in [9.17, 15) is 0 Å². The van der Waals surface area contributed by atoms with E-state index >= 15 is 0 Å². The highest BCUT2D eigenvalue weighted by atomic mass is 32.1. The third-order valence-corrected chi connectivity index (χ3v) is 7.75. The molecule has 2 aromatic heterocycles. The minimum Gasteiger partial charge on any atom is -0.403 e. The number of aromatic amines is 1. The first-order valence-corrected chi connectivity index (χ1v) is 11.6. The molecule has 1 fully saturated rings. The minimum absolute atomic E-state index is 0.170. The Morgan fingerprint density at radius 3 is 2.43 bits per heavy atom. The molecule has 4 aromatic rings. The number of nitrogens with one attached hydrogen (secondary N) is 1. The summed E-state index contributed by atoms with van der Waals surface area (Å²) in [5.74, 6) is 0.293. The molecule has 154 valence electrons. The van der Waals surface area contributed by atoms with E-state index in [0.717, 1.165) is 12.7 Å². The smallest absolute Gasteiger partial charge is 0.403 e. The molecule has 0 saturated carbocycles. The summed E-state index contributed by atoms with van der Waals surface area (Å²) in [5.41, 5.74) is 3.29. The Kier molecular flexibility index (Phi) is 4.81. The fourth-order valence-corrected chi connectivity index (χ4v) is 5.17. The van der Waals surface area contributed by atoms with Crippen LogP contribution in [0.3, 0.4) is 0 Å². The zero-order chi connectivity index (χ0) is 20.9. The Bertz CT molecular complexity index is 1100. The van der Waals surface area contributed by atoms with Crippen molar-refractivity contribution < 1.29 is 9.31 Å². The predicted molar refractivity (Wildman–Crippen MR) is 127 cm³/mol. The van der Waals surface area contributed by atoms with Crippen LogP contribution >= 0.6 is 11.3 Å². The molecule has 0 spiro atoms. The third-order valence-electron chi connectivity index (χ3n) is 6.85. The van der Waals surface area contributed by atoms with Gasteiger partial charge in [-0.2, -0.15) is 0 Å². The Morgan fingerprint density at radius 1 is 0.900 bits per heavy atom. The SMILES string of the molecule is CC1(C)OB(CC[C@H](c2ccc3sccc3c2)c2ccc3cc[nH]c3c2)OC1(C)C. The van der Waals surface area contributed by atoms with Crippen molar-refractivity contribution in [3.8, 4) is 0 Å². The molecule has 1 aliphatic rings. The van der Waals surface area contributed by atoms with Crippen LogP contribution in [-0.2, 0) is 9.31 Å². The van der Waals surface area contributed by atoms with E-state index in [4.69, 9.17) is 9.31 Å². The lowest BCUT2D eigenvalue weighted by molar-refractivity contribution is 0.00578. The van der Waals surface area contributed by atoms with Crippen molar-refractivity contribution in [2.75, 3.05) is 0 Å². The summed E-state index contributed by atoms with van der Waals surface area (Å²) in [4.78, 5) is 3.36. The summed E-state index contributed by atoms with van der Waals surface area (Å²) in [6.45, 7) is 8.48. The summed E-state index contributed by atoms with van der Waals surface area (Å²) in [6, 6.07) is 18.0. The van der Waals surface area contributed by atoms with Gasteiger partial charge in [-0.05, 0) is 98.0 Å². The number of benzene rings is 2. The summed E-state index contributed by atoms with van der Waals surface area (Å²) in [5, 5.41) is 4.73. The third kappa shape index (κ3) is 3.49. The van der Waals surface area contributed by atoms with Crippen LogP contribution in [0.1, 0.15) is 51.2 Å². The fourth-order valence-electron chi connectivity index (χ4n) is 4.40. The first-order valence-electron chi connectivity index (χ1n) is 10.7. The lowest BCUT2D eigenvalue weighted by atomic mass is 9.76. The summed E-state index contributed by atoms with van der Waals surface area (Å²) in [6.07, 6.45) is 3.84. The van der Waals surface area contributed by atoms with Crippen molar-refractivity contribution in [1.29, 1.82) is 0 Å². The Hall–Kier alpha value is -2.08. The maximum absolute atomic E-state index is 6.28. The number of rotatable bonds is 5. The number of hydrogen-bond acceptors (Lipinski definition) is 3. The maximum Gasteiger partial charge on any atom is 0.457 e. The van der Waals surface area contributed by atoms with Crippen molar-refractivity contribution >= 4 is 39.4 Å². The van der Waals surface area contributed by atoms with E-state index < -0.39 is 0 Å². The lowest BCUT2D eigenvalue weighted by Gasteiger charge is -2.32. The van der Waals surface area contributed by atoms with Gasteiger partial charge in [0.1, 0.15) is 0 Å². The van der Waals surface area contributed by atoms with E-state index in [2.05, 4.69) is 86.6 Å². The van der Waals surface area contributed by atoms with Crippen LogP contribution in [0.2, 0.25) is 6.32 Å². The van der Waals surface area contributed by atoms with Crippen LogP contribution < -0.4 is 0 Å². The van der Waals surface area contributed by atoms with Crippen molar-refractivity contribution in [3.63, 3.8) is 0 Å². The molecule has 2 aromatic carbocycles. The molecule has 1 atom stereocenters. The Balaban J connectivity index is 1.46. The average molecular weight is 417 g/mol. The van der Waals surface area contributed by atoms with Gasteiger partial charge in [0, 0.05) is 22.3 Å². The van der Waals surface area contributed by atoms with Crippen molar-refractivity contribution in [1.82, 2.24) is 4.98 Å². The molecular formula is C25H28BNO2S. The van der Waals surface area contributed by atoms with Gasteiger partial charge in [-0.3, -0.25) is 0 Å². The molecule has 1 saturated heterocycles. The summed E-state index contributed by atoms with van der Waals surface area (Å²) in [7, 11) is -0.170. The highest BCUT2D eigenvalue weighted by molar-refractivity contribution is 7.17. The highest BCUT2D eigenvalue weighted by Crippen LogP contribution is 2.40. The van der Waals surface area contributed by atoms with Crippen LogP contribution in [0.4, 0.5) is 0 Å². The molecule has 0 aliphatic carbocycles. The standard InChI is InChI=1S/C25H28BNO2S/c1-24(2)25(3,4)29-26(28-24)12-9-21(18-7-8-23-20(15-18)11-14-30-23)19-6-5-17-10-13-27-22(17)16-19/h5-8,10-11,13-16,21,27H,9,12H2,1-4H3/t21-/m1/s1. The largest absolute Gasteiger partial charge is 0.457 e. The van der Waals surface area contributed by atoms with Crippen LogP contribution in [0, 0.1) is 0 Å². The molecule has 0 amide bonds. The fraction of sp³-hybridized carbons (Fsp3) is 0.360. The van der Waals surface area contributed by atoms with E-state index in [1.54, 1.807) is 11.3 Å². The second kappa shape index (κ2) is 7.26. The van der Waals surface area contributed by atoms with Gasteiger partial charge in [0.25, 0.3) is 0 Å². The first-order chi connectivity index (χ1) is 14.3. The molecule has 0 radical (unpaired) electrons. The molecule has 3 heterocycles. The molecule has 30 heavy (non-hydrogen) atoms. The van der Waals surface area contributed by atoms with Crippen molar-refractivity contribution in [3.05, 3.63) is 71.2 Å². The summed E-state index contributed by atoms with van der Waals surface area (Å²) < 4.78 is 13.9. The van der Waals surface area contributed by atoms with Gasteiger partial charge in [-0.1, -0.05) is 18.2 Å². The van der Waals surface area contributed by atoms with Crippen LogP contribution in [0.5, 0.6) is 0 Å². The zero-order valence-electron chi connectivity index (χ0n) is 18.1. The van der Waals surface area contributed by atoms with E-state index in [0.29, 0.717) is 5.92 Å². The first kappa shape index (κ1) is 19.9. The van der Waals surface area contributed by atoms with E-state index in [1.807, 2.05) is 6.20 Å². The van der Waals surface area contributed by atoms with Crippen LogP contribution in [-0.4, -0.2) is 23.3 Å². The van der Waals surface area contributed by atoms with Crippen LogP contribution in [0.25, 0.3) is 21.0 Å². The van der Waals surface area contributed by atoms with Gasteiger partial charge in [-0.25, -0.2) is 0 Å². The molecule has 5 heteroatoms. The highest BCUT2D eigenvalue weighted by Gasteiger charge is 2.50. The van der Waals surface area contributed by atoms with Gasteiger partial charge < -0.3 is 14.3 Å². The van der Waals surface area contributed by atoms with Gasteiger partial charge >= 0.3 is 7.12 Å². The predicted octanol–water partition coefficient (Wildman–Crippen LogP) is 7.00. The second-order valence-electron chi connectivity index (χ2n) is 9.36. The lowest BCUT2D eigenvalue weighted by Crippen LogP contribution is -2.41. The summed E-state index contributed by atoms with van der Waals surface area (Å²) >= 11 is 1.79. The van der Waals surface area contributed by atoms with Gasteiger partial charge in [0.05, 0.1) is 11.2 Å². The molecular weight excluding hydrogens is 389 g/mol. The van der Waals surface area contributed by atoms with Crippen LogP contribution in [0.15, 0.2) is 60.1 Å². The van der Waals surface area contributed by atoms with Gasteiger partial charge in [0.15, 0.2) is 0 Å². The van der Waals surface area contributed by atoms with E-state index in [1.165, 1.54) is 32.1 Å². The average Bonchev–Trinajstić information content (AvgIpc) is 3.39. The Labute approximate surface area is 182 Å². The normalized spacial score (nSPS) is 19.0. The zero-order valence-corrected chi connectivity index (χ0v) is 18.9. The van der Waals surface area contributed by atoms with Crippen molar-refractivity contribution in [2.45, 2.75) is 57.6 Å². The molecule has 1 N–H and O–H groups in total. The second-order valence-corrected chi connectivity index (χ2v) is 10.3. The minimum atomic E-state index is -0.286. The number of thiophene rings is 1.